The van der Waals surface area contributed by atoms with Gasteiger partial charge in [0.25, 0.3) is 0 Å². The number of rotatable bonds is 12. The molecule has 2 unspecified atom stereocenters. The SMILES string of the molecule is COC(C)CCOC=C(C)c1cccc(C(C)=COCCC(C)OC)c1. The highest BCUT2D eigenvalue weighted by Gasteiger charge is 2.03. The lowest BCUT2D eigenvalue weighted by Crippen LogP contribution is -2.07. The third-order valence-corrected chi connectivity index (χ3v) is 4.38. The maximum Gasteiger partial charge on any atom is 0.0898 e. The molecule has 1 aromatic carbocycles. The topological polar surface area (TPSA) is 36.9 Å². The Kier molecular flexibility index (Phi) is 10.7. The van der Waals surface area contributed by atoms with Gasteiger partial charge in [0.1, 0.15) is 0 Å². The van der Waals surface area contributed by atoms with E-state index in [0.29, 0.717) is 13.2 Å². The fraction of sp³-hybridized carbons (Fsp3) is 0.545. The van der Waals surface area contributed by atoms with Crippen molar-refractivity contribution in [2.24, 2.45) is 0 Å². The number of methoxy groups -OCH3 is 2. The molecular weight excluding hydrogens is 328 g/mol. The fourth-order valence-electron chi connectivity index (χ4n) is 2.22. The molecule has 0 amide bonds. The molecule has 0 aliphatic rings. The van der Waals surface area contributed by atoms with Crippen molar-refractivity contribution in [1.29, 1.82) is 0 Å². The van der Waals surface area contributed by atoms with E-state index in [1.54, 1.807) is 14.2 Å². The minimum Gasteiger partial charge on any atom is -0.501 e. The van der Waals surface area contributed by atoms with E-state index in [4.69, 9.17) is 18.9 Å². The summed E-state index contributed by atoms with van der Waals surface area (Å²) in [6, 6.07) is 8.38. The molecule has 26 heavy (non-hydrogen) atoms. The number of benzene rings is 1. The monoisotopic (exact) mass is 362 g/mol. The predicted molar refractivity (Wildman–Crippen MR) is 108 cm³/mol. The van der Waals surface area contributed by atoms with E-state index >= 15 is 0 Å². The zero-order valence-electron chi connectivity index (χ0n) is 17.1. The predicted octanol–water partition coefficient (Wildman–Crippen LogP) is 5.29. The molecule has 146 valence electrons. The van der Waals surface area contributed by atoms with Gasteiger partial charge in [-0.3, -0.25) is 0 Å². The molecule has 0 radical (unpaired) electrons. The van der Waals surface area contributed by atoms with E-state index in [-0.39, 0.29) is 12.2 Å². The summed E-state index contributed by atoms with van der Waals surface area (Å²) in [5.41, 5.74) is 4.48. The molecule has 0 aromatic heterocycles. The molecule has 1 aromatic rings. The van der Waals surface area contributed by atoms with E-state index in [2.05, 4.69) is 38.1 Å². The van der Waals surface area contributed by atoms with Crippen LogP contribution in [-0.2, 0) is 18.9 Å². The Morgan fingerprint density at radius 3 is 1.65 bits per heavy atom. The standard InChI is InChI=1S/C22H34O4/c1-17(15-25-12-10-19(3)23-5)21-8-7-9-22(14-21)18(2)16-26-13-11-20(4)24-6/h7-9,14-16,19-20H,10-13H2,1-6H3. The maximum absolute atomic E-state index is 5.64. The summed E-state index contributed by atoms with van der Waals surface area (Å²) < 4.78 is 21.7. The quantitative estimate of drug-likeness (QED) is 0.374. The van der Waals surface area contributed by atoms with Crippen molar-refractivity contribution in [3.63, 3.8) is 0 Å². The van der Waals surface area contributed by atoms with Gasteiger partial charge in [-0.2, -0.15) is 0 Å². The molecular formula is C22H34O4. The van der Waals surface area contributed by atoms with Crippen LogP contribution in [0.15, 0.2) is 36.8 Å². The van der Waals surface area contributed by atoms with Crippen LogP contribution in [0.2, 0.25) is 0 Å². The van der Waals surface area contributed by atoms with Crippen LogP contribution in [0.5, 0.6) is 0 Å². The Labute approximate surface area is 158 Å². The maximum atomic E-state index is 5.64. The normalized spacial score (nSPS) is 14.8. The average Bonchev–Trinajstić information content (AvgIpc) is 2.67. The van der Waals surface area contributed by atoms with Gasteiger partial charge in [0, 0.05) is 27.1 Å². The molecule has 0 aliphatic carbocycles. The summed E-state index contributed by atoms with van der Waals surface area (Å²) in [5, 5.41) is 0. The molecule has 0 heterocycles. The zero-order valence-corrected chi connectivity index (χ0v) is 17.1. The summed E-state index contributed by atoms with van der Waals surface area (Å²) in [7, 11) is 3.43. The first-order valence-corrected chi connectivity index (χ1v) is 9.21. The van der Waals surface area contributed by atoms with E-state index in [1.807, 2.05) is 26.4 Å². The lowest BCUT2D eigenvalue weighted by molar-refractivity contribution is 0.0875. The highest BCUT2D eigenvalue weighted by molar-refractivity contribution is 5.70. The molecule has 0 saturated heterocycles. The molecule has 0 N–H and O–H groups in total. The van der Waals surface area contributed by atoms with Gasteiger partial charge in [0.15, 0.2) is 0 Å². The van der Waals surface area contributed by atoms with Gasteiger partial charge < -0.3 is 18.9 Å². The second-order valence-electron chi connectivity index (χ2n) is 6.59. The van der Waals surface area contributed by atoms with Gasteiger partial charge in [0.2, 0.25) is 0 Å². The third kappa shape index (κ3) is 8.54. The minimum absolute atomic E-state index is 0.215. The Morgan fingerprint density at radius 2 is 1.27 bits per heavy atom. The highest BCUT2D eigenvalue weighted by atomic mass is 16.5. The van der Waals surface area contributed by atoms with Crippen LogP contribution >= 0.6 is 0 Å². The van der Waals surface area contributed by atoms with Crippen LogP contribution in [0, 0.1) is 0 Å². The van der Waals surface area contributed by atoms with Crippen LogP contribution in [0.1, 0.15) is 51.7 Å². The second-order valence-corrected chi connectivity index (χ2v) is 6.59. The fourth-order valence-corrected chi connectivity index (χ4v) is 2.22. The van der Waals surface area contributed by atoms with Crippen molar-refractivity contribution in [2.75, 3.05) is 27.4 Å². The summed E-state index contributed by atoms with van der Waals surface area (Å²) in [6.45, 7) is 9.49. The second kappa shape index (κ2) is 12.6. The Morgan fingerprint density at radius 1 is 0.846 bits per heavy atom. The lowest BCUT2D eigenvalue weighted by atomic mass is 10.0. The van der Waals surface area contributed by atoms with E-state index < -0.39 is 0 Å². The summed E-state index contributed by atoms with van der Waals surface area (Å²) in [6.07, 6.45) is 5.83. The van der Waals surface area contributed by atoms with Crippen LogP contribution in [0.25, 0.3) is 11.1 Å². The summed E-state index contributed by atoms with van der Waals surface area (Å²) >= 11 is 0. The van der Waals surface area contributed by atoms with E-state index in [0.717, 1.165) is 35.1 Å². The first-order chi connectivity index (χ1) is 12.5. The number of allylic oxidation sites excluding steroid dienone is 2. The third-order valence-electron chi connectivity index (χ3n) is 4.38. The molecule has 4 heteroatoms. The summed E-state index contributed by atoms with van der Waals surface area (Å²) in [4.78, 5) is 0. The number of hydrogen-bond donors (Lipinski definition) is 0. The van der Waals surface area contributed by atoms with Gasteiger partial charge in [-0.1, -0.05) is 18.2 Å². The van der Waals surface area contributed by atoms with Crippen molar-refractivity contribution >= 4 is 11.1 Å². The molecule has 0 aliphatic heterocycles. The van der Waals surface area contributed by atoms with Crippen molar-refractivity contribution in [3.8, 4) is 0 Å². The molecule has 1 rings (SSSR count). The molecule has 4 nitrogen and oxygen atoms in total. The smallest absolute Gasteiger partial charge is 0.0898 e. The van der Waals surface area contributed by atoms with Crippen LogP contribution in [-0.4, -0.2) is 39.6 Å². The van der Waals surface area contributed by atoms with Crippen LogP contribution < -0.4 is 0 Å². The molecule has 0 bridgehead atoms. The number of hydrogen-bond acceptors (Lipinski definition) is 4. The molecule has 0 fully saturated rings. The van der Waals surface area contributed by atoms with Gasteiger partial charge in [0.05, 0.1) is 37.9 Å². The van der Waals surface area contributed by atoms with Crippen molar-refractivity contribution in [2.45, 2.75) is 52.7 Å². The summed E-state index contributed by atoms with van der Waals surface area (Å²) in [5.74, 6) is 0. The van der Waals surface area contributed by atoms with Gasteiger partial charge in [-0.05, 0) is 56.0 Å². The van der Waals surface area contributed by atoms with E-state index in [9.17, 15) is 0 Å². The highest BCUT2D eigenvalue weighted by Crippen LogP contribution is 2.20. The van der Waals surface area contributed by atoms with Gasteiger partial charge >= 0.3 is 0 Å². The zero-order chi connectivity index (χ0) is 19.4. The minimum atomic E-state index is 0.215. The van der Waals surface area contributed by atoms with Crippen LogP contribution in [0.3, 0.4) is 0 Å². The molecule has 0 saturated carbocycles. The Balaban J connectivity index is 2.59. The van der Waals surface area contributed by atoms with Crippen LogP contribution in [0.4, 0.5) is 0 Å². The number of ether oxygens (including phenoxy) is 4. The molecule has 0 spiro atoms. The van der Waals surface area contributed by atoms with Gasteiger partial charge in [-0.25, -0.2) is 0 Å². The van der Waals surface area contributed by atoms with Crippen molar-refractivity contribution in [1.82, 2.24) is 0 Å². The Hall–Kier alpha value is -1.78. The van der Waals surface area contributed by atoms with Crippen molar-refractivity contribution in [3.05, 3.63) is 47.9 Å². The van der Waals surface area contributed by atoms with Gasteiger partial charge in [-0.15, -0.1) is 0 Å². The lowest BCUT2D eigenvalue weighted by Gasteiger charge is -2.10. The van der Waals surface area contributed by atoms with E-state index in [1.165, 1.54) is 0 Å². The average molecular weight is 363 g/mol. The first kappa shape index (κ1) is 22.3. The Bertz CT molecular complexity index is 530. The largest absolute Gasteiger partial charge is 0.501 e. The first-order valence-electron chi connectivity index (χ1n) is 9.21. The van der Waals surface area contributed by atoms with Crippen molar-refractivity contribution < 1.29 is 18.9 Å². The molecule has 2 atom stereocenters.